The number of nitriles is 1. The number of para-hydroxylation sites is 1. The zero-order valence-electron chi connectivity index (χ0n) is 15.3. The predicted molar refractivity (Wildman–Crippen MR) is 109 cm³/mol. The van der Waals surface area contributed by atoms with Crippen molar-refractivity contribution in [1.82, 2.24) is 15.0 Å². The molecule has 0 bridgehead atoms. The summed E-state index contributed by atoms with van der Waals surface area (Å²) < 4.78 is 7.33. The maximum Gasteiger partial charge on any atom is 0.257 e. The molecule has 2 fully saturated rings. The van der Waals surface area contributed by atoms with Gasteiger partial charge in [0.25, 0.3) is 5.88 Å². The molecule has 0 amide bonds. The van der Waals surface area contributed by atoms with Gasteiger partial charge in [-0.1, -0.05) is 23.5 Å². The Labute approximate surface area is 167 Å². The van der Waals surface area contributed by atoms with Gasteiger partial charge in [-0.25, -0.2) is 15.0 Å². The predicted octanol–water partition coefficient (Wildman–Crippen LogP) is 3.46. The Balaban J connectivity index is 1.19. The minimum Gasteiger partial charge on any atom is -0.472 e. The van der Waals surface area contributed by atoms with E-state index in [0.29, 0.717) is 18.5 Å². The van der Waals surface area contributed by atoms with Crippen LogP contribution in [0.5, 0.6) is 5.88 Å². The van der Waals surface area contributed by atoms with Crippen LogP contribution in [0.2, 0.25) is 0 Å². The van der Waals surface area contributed by atoms with E-state index in [-0.39, 0.29) is 12.0 Å². The highest BCUT2D eigenvalue weighted by molar-refractivity contribution is 7.22. The van der Waals surface area contributed by atoms with E-state index in [1.807, 2.05) is 18.2 Å². The Kier molecular flexibility index (Phi) is 4.45. The summed E-state index contributed by atoms with van der Waals surface area (Å²) in [5.41, 5.74) is 1.03. The topological polar surface area (TPSA) is 87.0 Å². The molecule has 8 heteroatoms. The molecule has 1 aromatic carbocycles. The number of hydrogen-bond acceptors (Lipinski definition) is 8. The molecule has 1 N–H and O–H groups in total. The molecule has 3 aromatic rings. The van der Waals surface area contributed by atoms with E-state index in [1.165, 1.54) is 4.70 Å². The van der Waals surface area contributed by atoms with E-state index in [9.17, 15) is 0 Å². The Morgan fingerprint density at radius 3 is 2.89 bits per heavy atom. The summed E-state index contributed by atoms with van der Waals surface area (Å²) in [5.74, 6) is 1.38. The Morgan fingerprint density at radius 2 is 2.07 bits per heavy atom. The standard InChI is InChI=1S/C20H20N6OS/c21-11-13-5-8-26(12-13)18-19(23-7-6-22-18)27-15-9-14(10-15)24-20-25-16-3-1-2-4-17(16)28-20/h1-4,6-7,13-15H,5,8-10,12H2,(H,24,25)/t13?,14-,15+. The second-order valence-corrected chi connectivity index (χ2v) is 8.32. The van der Waals surface area contributed by atoms with Gasteiger partial charge in [0.2, 0.25) is 0 Å². The molecule has 1 unspecified atom stereocenters. The third-order valence-corrected chi connectivity index (χ3v) is 6.28. The Morgan fingerprint density at radius 1 is 1.21 bits per heavy atom. The molecule has 5 rings (SSSR count). The highest BCUT2D eigenvalue weighted by Crippen LogP contribution is 2.34. The Bertz CT molecular complexity index is 992. The molecule has 2 aromatic heterocycles. The molecular weight excluding hydrogens is 372 g/mol. The van der Waals surface area contributed by atoms with E-state index < -0.39 is 0 Å². The van der Waals surface area contributed by atoms with Crippen LogP contribution in [-0.2, 0) is 0 Å². The summed E-state index contributed by atoms with van der Waals surface area (Å²) in [6.45, 7) is 1.51. The number of fused-ring (bicyclic) bond motifs is 1. The lowest BCUT2D eigenvalue weighted by Gasteiger charge is -2.35. The maximum absolute atomic E-state index is 9.13. The first-order chi connectivity index (χ1) is 13.8. The van der Waals surface area contributed by atoms with Crippen molar-refractivity contribution in [2.24, 2.45) is 5.92 Å². The van der Waals surface area contributed by atoms with Crippen LogP contribution in [0.3, 0.4) is 0 Å². The molecule has 142 valence electrons. The minimum atomic E-state index is 0.0564. The number of anilines is 2. The highest BCUT2D eigenvalue weighted by atomic mass is 32.1. The molecule has 1 atom stereocenters. The van der Waals surface area contributed by atoms with E-state index in [1.54, 1.807) is 23.7 Å². The van der Waals surface area contributed by atoms with Gasteiger partial charge in [0.1, 0.15) is 6.10 Å². The van der Waals surface area contributed by atoms with Gasteiger partial charge in [-0.3, -0.25) is 0 Å². The van der Waals surface area contributed by atoms with Crippen molar-refractivity contribution >= 4 is 32.5 Å². The summed E-state index contributed by atoms with van der Waals surface area (Å²) in [6, 6.07) is 10.9. The molecule has 3 heterocycles. The fraction of sp³-hybridized carbons (Fsp3) is 0.400. The number of nitrogens with one attached hydrogen (secondary N) is 1. The molecule has 0 spiro atoms. The third-order valence-electron chi connectivity index (χ3n) is 5.31. The molecule has 1 saturated heterocycles. The molecule has 0 radical (unpaired) electrons. The van der Waals surface area contributed by atoms with Crippen LogP contribution < -0.4 is 15.0 Å². The first-order valence-electron chi connectivity index (χ1n) is 9.53. The van der Waals surface area contributed by atoms with Crippen molar-refractivity contribution in [2.75, 3.05) is 23.3 Å². The van der Waals surface area contributed by atoms with Crippen molar-refractivity contribution in [3.63, 3.8) is 0 Å². The van der Waals surface area contributed by atoms with Crippen molar-refractivity contribution in [3.8, 4) is 11.9 Å². The van der Waals surface area contributed by atoms with Crippen molar-refractivity contribution in [3.05, 3.63) is 36.7 Å². The van der Waals surface area contributed by atoms with Crippen molar-refractivity contribution in [1.29, 1.82) is 5.26 Å². The first kappa shape index (κ1) is 17.2. The lowest BCUT2D eigenvalue weighted by Crippen LogP contribution is -2.43. The zero-order valence-corrected chi connectivity index (χ0v) is 16.1. The van der Waals surface area contributed by atoms with Crippen molar-refractivity contribution < 1.29 is 4.74 Å². The number of thiazole rings is 1. The zero-order chi connectivity index (χ0) is 18.9. The minimum absolute atomic E-state index is 0.0564. The number of ether oxygens (including phenoxy) is 1. The number of benzene rings is 1. The van der Waals surface area contributed by atoms with Crippen molar-refractivity contribution in [2.45, 2.75) is 31.4 Å². The van der Waals surface area contributed by atoms with Crippen LogP contribution >= 0.6 is 11.3 Å². The van der Waals surface area contributed by atoms with Gasteiger partial charge in [-0.05, 0) is 18.6 Å². The smallest absolute Gasteiger partial charge is 0.257 e. The monoisotopic (exact) mass is 392 g/mol. The summed E-state index contributed by atoms with van der Waals surface area (Å²) in [6.07, 6.45) is 6.15. The average molecular weight is 392 g/mol. The SMILES string of the molecule is N#CC1CCN(c2nccnc2O[C@H]2C[C@@H](Nc3nc4ccccc4s3)C2)C1. The van der Waals surface area contributed by atoms with Gasteiger partial charge < -0.3 is 15.0 Å². The van der Waals surface area contributed by atoms with Gasteiger partial charge in [-0.15, -0.1) is 0 Å². The Hall–Kier alpha value is -2.92. The highest BCUT2D eigenvalue weighted by Gasteiger charge is 2.34. The summed E-state index contributed by atoms with van der Waals surface area (Å²) in [7, 11) is 0. The van der Waals surface area contributed by atoms with Gasteiger partial charge >= 0.3 is 0 Å². The largest absolute Gasteiger partial charge is 0.472 e. The molecule has 1 saturated carbocycles. The van der Waals surface area contributed by atoms with E-state index in [0.717, 1.165) is 42.3 Å². The summed E-state index contributed by atoms with van der Waals surface area (Å²) in [5, 5.41) is 13.6. The maximum atomic E-state index is 9.13. The number of hydrogen-bond donors (Lipinski definition) is 1. The lowest BCUT2D eigenvalue weighted by atomic mass is 9.89. The lowest BCUT2D eigenvalue weighted by molar-refractivity contribution is 0.103. The number of nitrogens with zero attached hydrogens (tertiary/aromatic N) is 5. The molecule has 2 aliphatic rings. The van der Waals surface area contributed by atoms with E-state index in [2.05, 4.69) is 37.3 Å². The second-order valence-electron chi connectivity index (χ2n) is 7.29. The molecule has 1 aliphatic heterocycles. The molecule has 28 heavy (non-hydrogen) atoms. The molecular formula is C20H20N6OS. The van der Waals surface area contributed by atoms with Crippen LogP contribution in [0.1, 0.15) is 19.3 Å². The number of rotatable bonds is 5. The van der Waals surface area contributed by atoms with Gasteiger partial charge in [0.05, 0.1) is 22.2 Å². The average Bonchev–Trinajstić information content (AvgIpc) is 3.33. The van der Waals surface area contributed by atoms with Crippen LogP contribution in [-0.4, -0.2) is 40.2 Å². The first-order valence-corrected chi connectivity index (χ1v) is 10.3. The van der Waals surface area contributed by atoms with Gasteiger partial charge in [-0.2, -0.15) is 5.26 Å². The number of aromatic nitrogens is 3. The normalized spacial score (nSPS) is 24.0. The summed E-state index contributed by atoms with van der Waals surface area (Å²) in [4.78, 5) is 15.6. The fourth-order valence-corrected chi connectivity index (χ4v) is 4.66. The van der Waals surface area contributed by atoms with E-state index >= 15 is 0 Å². The molecule has 7 nitrogen and oxygen atoms in total. The fourth-order valence-electron chi connectivity index (χ4n) is 3.72. The van der Waals surface area contributed by atoms with Gasteiger partial charge in [0, 0.05) is 44.4 Å². The quantitative estimate of drug-likeness (QED) is 0.711. The van der Waals surface area contributed by atoms with E-state index in [4.69, 9.17) is 10.00 Å². The van der Waals surface area contributed by atoms with Crippen LogP contribution in [0.4, 0.5) is 10.9 Å². The van der Waals surface area contributed by atoms with Crippen LogP contribution in [0.25, 0.3) is 10.2 Å². The van der Waals surface area contributed by atoms with Gasteiger partial charge in [0.15, 0.2) is 10.9 Å². The van der Waals surface area contributed by atoms with Crippen LogP contribution in [0.15, 0.2) is 36.7 Å². The third kappa shape index (κ3) is 3.34. The summed E-state index contributed by atoms with van der Waals surface area (Å²) >= 11 is 1.68. The second kappa shape index (κ2) is 7.24. The molecule has 1 aliphatic carbocycles. The van der Waals surface area contributed by atoms with Crippen LogP contribution in [0, 0.1) is 17.2 Å².